The molecule has 1 fully saturated rings. The Hall–Kier alpha value is -2.51. The van der Waals surface area contributed by atoms with Gasteiger partial charge in [-0.25, -0.2) is 0 Å². The van der Waals surface area contributed by atoms with Gasteiger partial charge in [0.25, 0.3) is 0 Å². The van der Waals surface area contributed by atoms with Gasteiger partial charge in [0.05, 0.1) is 12.0 Å². The van der Waals surface area contributed by atoms with E-state index in [4.69, 9.17) is 21.6 Å². The summed E-state index contributed by atoms with van der Waals surface area (Å²) in [6.07, 6.45) is 0.297. The van der Waals surface area contributed by atoms with Gasteiger partial charge in [0.2, 0.25) is 5.91 Å². The number of hydrogen-bond donors (Lipinski definition) is 0. The van der Waals surface area contributed by atoms with E-state index in [0.29, 0.717) is 24.6 Å². The van der Waals surface area contributed by atoms with E-state index in [-0.39, 0.29) is 11.8 Å². The van der Waals surface area contributed by atoms with Crippen LogP contribution in [0.1, 0.15) is 12.0 Å². The molecule has 1 aliphatic rings. The minimum absolute atomic E-state index is 0.00798. The van der Waals surface area contributed by atoms with Crippen LogP contribution in [0.2, 0.25) is 5.02 Å². The lowest BCUT2D eigenvalue weighted by atomic mass is 10.1. The van der Waals surface area contributed by atoms with Crippen molar-refractivity contribution in [2.24, 2.45) is 5.92 Å². The Labute approximate surface area is 139 Å². The summed E-state index contributed by atoms with van der Waals surface area (Å²) < 4.78 is 5.72. The maximum Gasteiger partial charge on any atom is 0.228 e. The van der Waals surface area contributed by atoms with Gasteiger partial charge in [-0.05, 0) is 42.0 Å². The molecule has 116 valence electrons. The molecule has 1 heterocycles. The first kappa shape index (κ1) is 15.4. The average molecular weight is 327 g/mol. The quantitative estimate of drug-likeness (QED) is 0.858. The number of carbonyl (C=O) groups is 1. The minimum Gasteiger partial charge on any atom is -0.489 e. The van der Waals surface area contributed by atoms with Crippen molar-refractivity contribution < 1.29 is 9.53 Å². The summed E-state index contributed by atoms with van der Waals surface area (Å²) >= 11 is 5.85. The molecule has 2 aromatic rings. The summed E-state index contributed by atoms with van der Waals surface area (Å²) in [6, 6.07) is 17.0. The van der Waals surface area contributed by atoms with Crippen molar-refractivity contribution in [1.82, 2.24) is 0 Å². The number of halogens is 1. The van der Waals surface area contributed by atoms with E-state index in [9.17, 15) is 4.79 Å². The lowest BCUT2D eigenvalue weighted by Gasteiger charge is -2.16. The van der Waals surface area contributed by atoms with Crippen molar-refractivity contribution in [1.29, 1.82) is 5.26 Å². The van der Waals surface area contributed by atoms with Crippen LogP contribution in [0.25, 0.3) is 0 Å². The molecule has 3 rings (SSSR count). The van der Waals surface area contributed by atoms with Crippen LogP contribution in [0.3, 0.4) is 0 Å². The molecule has 0 bridgehead atoms. The molecule has 1 atom stereocenters. The highest BCUT2D eigenvalue weighted by Crippen LogP contribution is 2.26. The van der Waals surface area contributed by atoms with Crippen molar-refractivity contribution in [2.45, 2.75) is 13.0 Å². The molecule has 5 heteroatoms. The van der Waals surface area contributed by atoms with Gasteiger partial charge in [0.15, 0.2) is 0 Å². The number of anilines is 1. The van der Waals surface area contributed by atoms with Crippen molar-refractivity contribution in [3.63, 3.8) is 0 Å². The van der Waals surface area contributed by atoms with E-state index in [1.807, 2.05) is 48.5 Å². The second-order valence-electron chi connectivity index (χ2n) is 5.44. The standard InChI is InChI=1S/C18H15ClN2O2/c19-15-3-1-13(2-4-15)12-23-17-7-5-16(6-8-17)21-11-14(10-20)9-18(21)22/h1-8,14H,9,11-12H2. The summed E-state index contributed by atoms with van der Waals surface area (Å²) in [4.78, 5) is 13.5. The third-order valence-electron chi connectivity index (χ3n) is 3.77. The van der Waals surface area contributed by atoms with Gasteiger partial charge >= 0.3 is 0 Å². The largest absolute Gasteiger partial charge is 0.489 e. The molecule has 1 unspecified atom stereocenters. The van der Waals surface area contributed by atoms with Crippen LogP contribution in [0.5, 0.6) is 5.75 Å². The van der Waals surface area contributed by atoms with Crippen LogP contribution in [-0.2, 0) is 11.4 Å². The molecule has 23 heavy (non-hydrogen) atoms. The Morgan fingerprint density at radius 3 is 2.48 bits per heavy atom. The molecule has 0 spiro atoms. The Kier molecular flexibility index (Phi) is 4.50. The van der Waals surface area contributed by atoms with E-state index in [2.05, 4.69) is 6.07 Å². The summed E-state index contributed by atoms with van der Waals surface area (Å²) in [7, 11) is 0. The number of nitriles is 1. The second-order valence-corrected chi connectivity index (χ2v) is 5.88. The maximum absolute atomic E-state index is 11.9. The molecular formula is C18H15ClN2O2. The Morgan fingerprint density at radius 2 is 1.87 bits per heavy atom. The molecule has 0 aromatic heterocycles. The first-order valence-corrected chi connectivity index (χ1v) is 7.71. The average Bonchev–Trinajstić information content (AvgIpc) is 2.96. The number of nitrogens with zero attached hydrogens (tertiary/aromatic N) is 2. The van der Waals surface area contributed by atoms with Crippen LogP contribution in [0.4, 0.5) is 5.69 Å². The maximum atomic E-state index is 11.9. The van der Waals surface area contributed by atoms with Crippen LogP contribution < -0.4 is 9.64 Å². The molecule has 0 aliphatic carbocycles. The van der Waals surface area contributed by atoms with Gasteiger partial charge in [-0.3, -0.25) is 4.79 Å². The number of ether oxygens (including phenoxy) is 1. The topological polar surface area (TPSA) is 53.3 Å². The molecule has 0 saturated carbocycles. The van der Waals surface area contributed by atoms with E-state index in [0.717, 1.165) is 17.0 Å². The number of benzene rings is 2. The molecular weight excluding hydrogens is 312 g/mol. The number of carbonyl (C=O) groups excluding carboxylic acids is 1. The zero-order valence-electron chi connectivity index (χ0n) is 12.4. The molecule has 1 amide bonds. The number of amides is 1. The summed E-state index contributed by atoms with van der Waals surface area (Å²) in [5.74, 6) is 0.502. The van der Waals surface area contributed by atoms with Crippen molar-refractivity contribution in [3.8, 4) is 11.8 Å². The van der Waals surface area contributed by atoms with Gasteiger partial charge in [-0.2, -0.15) is 5.26 Å². The van der Waals surface area contributed by atoms with Crippen molar-refractivity contribution in [3.05, 3.63) is 59.1 Å². The highest BCUT2D eigenvalue weighted by molar-refractivity contribution is 6.30. The van der Waals surface area contributed by atoms with Crippen molar-refractivity contribution >= 4 is 23.2 Å². The van der Waals surface area contributed by atoms with Crippen LogP contribution >= 0.6 is 11.6 Å². The fraction of sp³-hybridized carbons (Fsp3) is 0.222. The monoisotopic (exact) mass is 326 g/mol. The zero-order chi connectivity index (χ0) is 16.2. The lowest BCUT2D eigenvalue weighted by Crippen LogP contribution is -2.24. The summed E-state index contributed by atoms with van der Waals surface area (Å²) in [6.45, 7) is 0.913. The predicted molar refractivity (Wildman–Crippen MR) is 88.3 cm³/mol. The van der Waals surface area contributed by atoms with Gasteiger partial charge in [0, 0.05) is 23.7 Å². The Bertz CT molecular complexity index is 735. The third-order valence-corrected chi connectivity index (χ3v) is 4.03. The summed E-state index contributed by atoms with van der Waals surface area (Å²) in [5.41, 5.74) is 1.83. The van der Waals surface area contributed by atoms with Gasteiger partial charge in [-0.1, -0.05) is 23.7 Å². The van der Waals surface area contributed by atoms with Gasteiger partial charge < -0.3 is 9.64 Å². The molecule has 0 radical (unpaired) electrons. The normalized spacial score (nSPS) is 17.1. The van der Waals surface area contributed by atoms with E-state index in [1.54, 1.807) is 4.90 Å². The van der Waals surface area contributed by atoms with E-state index < -0.39 is 0 Å². The van der Waals surface area contributed by atoms with Crippen LogP contribution in [-0.4, -0.2) is 12.5 Å². The van der Waals surface area contributed by atoms with Crippen LogP contribution in [0.15, 0.2) is 48.5 Å². The Balaban J connectivity index is 1.62. The number of hydrogen-bond acceptors (Lipinski definition) is 3. The zero-order valence-corrected chi connectivity index (χ0v) is 13.2. The molecule has 1 aliphatic heterocycles. The SMILES string of the molecule is N#CC1CC(=O)N(c2ccc(OCc3ccc(Cl)cc3)cc2)C1. The molecule has 2 aromatic carbocycles. The number of rotatable bonds is 4. The second kappa shape index (κ2) is 6.72. The van der Waals surface area contributed by atoms with E-state index in [1.165, 1.54) is 0 Å². The third kappa shape index (κ3) is 3.64. The highest BCUT2D eigenvalue weighted by atomic mass is 35.5. The lowest BCUT2D eigenvalue weighted by molar-refractivity contribution is -0.117. The first-order valence-electron chi connectivity index (χ1n) is 7.33. The molecule has 0 N–H and O–H groups in total. The predicted octanol–water partition coefficient (Wildman–Crippen LogP) is 3.80. The van der Waals surface area contributed by atoms with Crippen LogP contribution in [0, 0.1) is 17.2 Å². The van der Waals surface area contributed by atoms with Gasteiger partial charge in [-0.15, -0.1) is 0 Å². The van der Waals surface area contributed by atoms with E-state index >= 15 is 0 Å². The fourth-order valence-electron chi connectivity index (χ4n) is 2.51. The molecule has 1 saturated heterocycles. The molecule has 4 nitrogen and oxygen atoms in total. The Morgan fingerprint density at radius 1 is 1.17 bits per heavy atom. The highest BCUT2D eigenvalue weighted by Gasteiger charge is 2.30. The minimum atomic E-state index is -0.219. The fourth-order valence-corrected chi connectivity index (χ4v) is 2.64. The summed E-state index contributed by atoms with van der Waals surface area (Å²) in [5, 5.41) is 9.63. The van der Waals surface area contributed by atoms with Gasteiger partial charge in [0.1, 0.15) is 12.4 Å². The first-order chi connectivity index (χ1) is 11.2. The smallest absolute Gasteiger partial charge is 0.228 e. The van der Waals surface area contributed by atoms with Crippen molar-refractivity contribution in [2.75, 3.05) is 11.4 Å².